The number of hydrogen-bond acceptors (Lipinski definition) is 4. The van der Waals surface area contributed by atoms with Gasteiger partial charge in [-0.05, 0) is 60.5 Å². The largest absolute Gasteiger partial charge is 0.341 e. The predicted molar refractivity (Wildman–Crippen MR) is 140 cm³/mol. The van der Waals surface area contributed by atoms with Gasteiger partial charge in [0, 0.05) is 35.3 Å². The molecule has 2 heterocycles. The van der Waals surface area contributed by atoms with E-state index in [1.165, 1.54) is 6.92 Å². The summed E-state index contributed by atoms with van der Waals surface area (Å²) in [6.45, 7) is 3.43. The van der Waals surface area contributed by atoms with Gasteiger partial charge in [-0.3, -0.25) is 9.20 Å². The lowest BCUT2D eigenvalue weighted by atomic mass is 9.97. The number of nitrogens with zero attached hydrogens (tertiary/aromatic N) is 3. The minimum absolute atomic E-state index is 0.123. The molecule has 1 amide bonds. The monoisotopic (exact) mass is 479 g/mol. The number of nitrogens with one attached hydrogen (secondary N) is 2. The fourth-order valence-electron chi connectivity index (χ4n) is 4.34. The Kier molecular flexibility index (Phi) is 5.86. The van der Waals surface area contributed by atoms with Crippen molar-refractivity contribution in [3.63, 3.8) is 0 Å². The number of pyridine rings is 1. The van der Waals surface area contributed by atoms with E-state index in [1.54, 1.807) is 0 Å². The number of halogens is 1. The number of hydrogen-bond donors (Lipinski definition) is 2. The van der Waals surface area contributed by atoms with E-state index in [2.05, 4.69) is 16.7 Å². The minimum atomic E-state index is -0.123. The third-order valence-electron chi connectivity index (χ3n) is 6.03. The van der Waals surface area contributed by atoms with Crippen molar-refractivity contribution in [2.24, 2.45) is 0 Å². The number of amides is 1. The zero-order valence-electron chi connectivity index (χ0n) is 19.3. The molecule has 5 aromatic rings. The molecule has 0 saturated heterocycles. The van der Waals surface area contributed by atoms with E-state index in [9.17, 15) is 10.1 Å². The van der Waals surface area contributed by atoms with Crippen LogP contribution in [0, 0.1) is 18.3 Å². The molecule has 7 heteroatoms. The second-order valence-electron chi connectivity index (χ2n) is 8.35. The van der Waals surface area contributed by atoms with E-state index < -0.39 is 0 Å². The summed E-state index contributed by atoms with van der Waals surface area (Å²) in [6, 6.07) is 25.4. The van der Waals surface area contributed by atoms with Crippen LogP contribution in [0.15, 0.2) is 72.8 Å². The molecule has 35 heavy (non-hydrogen) atoms. The van der Waals surface area contributed by atoms with Gasteiger partial charge in [0.2, 0.25) is 5.91 Å². The Morgan fingerprint density at radius 3 is 2.43 bits per heavy atom. The Labute approximate surface area is 207 Å². The van der Waals surface area contributed by atoms with Gasteiger partial charge >= 0.3 is 0 Å². The maximum Gasteiger partial charge on any atom is 0.221 e. The van der Waals surface area contributed by atoms with Crippen LogP contribution in [0.5, 0.6) is 0 Å². The number of carbonyl (C=O) groups excluding carboxylic acids is 1. The highest BCUT2D eigenvalue weighted by atomic mass is 35.5. The standard InChI is InChI=1S/C28H22ClN5O/c1-17-22(15-19-7-3-4-8-24(19)29)27(32-21-13-11-20(12-14-21)31-18(2)35)34-26-10-6-5-9-25(26)33-28(34)23(17)16-30/h3-14,32H,15H2,1-2H3,(H,31,35). The Morgan fingerprint density at radius 2 is 1.71 bits per heavy atom. The van der Waals surface area contributed by atoms with Crippen LogP contribution in [0.3, 0.4) is 0 Å². The predicted octanol–water partition coefficient (Wildman–Crippen LogP) is 6.61. The molecule has 0 fully saturated rings. The molecule has 2 aromatic heterocycles. The highest BCUT2D eigenvalue weighted by Crippen LogP contribution is 2.35. The van der Waals surface area contributed by atoms with Gasteiger partial charge in [-0.1, -0.05) is 41.9 Å². The van der Waals surface area contributed by atoms with Gasteiger partial charge in [-0.2, -0.15) is 5.26 Å². The third-order valence-corrected chi connectivity index (χ3v) is 6.40. The Balaban J connectivity index is 1.75. The van der Waals surface area contributed by atoms with Crippen molar-refractivity contribution in [3.8, 4) is 6.07 Å². The summed E-state index contributed by atoms with van der Waals surface area (Å²) in [6.07, 6.45) is 0.537. The second kappa shape index (κ2) is 9.13. The summed E-state index contributed by atoms with van der Waals surface area (Å²) in [5.74, 6) is 0.694. The number of imidazole rings is 1. The normalized spacial score (nSPS) is 10.9. The van der Waals surface area contributed by atoms with Gasteiger partial charge in [0.05, 0.1) is 16.6 Å². The average Bonchev–Trinajstić information content (AvgIpc) is 3.22. The fraction of sp³-hybridized carbons (Fsp3) is 0.107. The highest BCUT2D eigenvalue weighted by Gasteiger charge is 2.21. The van der Waals surface area contributed by atoms with E-state index in [-0.39, 0.29) is 5.91 Å². The smallest absolute Gasteiger partial charge is 0.221 e. The van der Waals surface area contributed by atoms with Gasteiger partial charge in [-0.15, -0.1) is 0 Å². The Morgan fingerprint density at radius 1 is 1.03 bits per heavy atom. The first-order chi connectivity index (χ1) is 17.0. The first-order valence-corrected chi connectivity index (χ1v) is 11.5. The number of anilines is 3. The average molecular weight is 480 g/mol. The molecule has 0 aliphatic heterocycles. The molecule has 0 atom stereocenters. The van der Waals surface area contributed by atoms with Crippen molar-refractivity contribution in [1.29, 1.82) is 5.26 Å². The maximum absolute atomic E-state index is 11.4. The molecule has 3 aromatic carbocycles. The van der Waals surface area contributed by atoms with Crippen molar-refractivity contribution in [2.75, 3.05) is 10.6 Å². The SMILES string of the molecule is CC(=O)Nc1ccc(Nc2c(Cc3ccccc3Cl)c(C)c(C#N)c3nc4ccccc4n23)cc1. The zero-order chi connectivity index (χ0) is 24.5. The minimum Gasteiger partial charge on any atom is -0.341 e. The summed E-state index contributed by atoms with van der Waals surface area (Å²) < 4.78 is 2.01. The molecule has 0 saturated carbocycles. The van der Waals surface area contributed by atoms with Crippen LogP contribution in [0.1, 0.15) is 29.2 Å². The van der Waals surface area contributed by atoms with E-state index in [1.807, 2.05) is 84.1 Å². The van der Waals surface area contributed by atoms with Crippen molar-refractivity contribution in [2.45, 2.75) is 20.3 Å². The molecule has 0 spiro atoms. The van der Waals surface area contributed by atoms with Crippen molar-refractivity contribution in [3.05, 3.63) is 100 Å². The number of aromatic nitrogens is 2. The molecule has 172 valence electrons. The molecule has 0 bridgehead atoms. The highest BCUT2D eigenvalue weighted by molar-refractivity contribution is 6.31. The van der Waals surface area contributed by atoms with Crippen molar-refractivity contribution >= 4 is 51.4 Å². The summed E-state index contributed by atoms with van der Waals surface area (Å²) in [5.41, 5.74) is 7.18. The lowest BCUT2D eigenvalue weighted by Crippen LogP contribution is -2.09. The van der Waals surface area contributed by atoms with Gasteiger partial charge in [-0.25, -0.2) is 4.98 Å². The molecular weight excluding hydrogens is 458 g/mol. The molecule has 0 aliphatic carbocycles. The first-order valence-electron chi connectivity index (χ1n) is 11.2. The third kappa shape index (κ3) is 4.18. The van der Waals surface area contributed by atoms with Crippen LogP contribution in [0.2, 0.25) is 5.02 Å². The number of carbonyl (C=O) groups is 1. The topological polar surface area (TPSA) is 82.2 Å². The van der Waals surface area contributed by atoms with Gasteiger partial charge in [0.1, 0.15) is 11.9 Å². The number of nitriles is 1. The first kappa shape index (κ1) is 22.5. The van der Waals surface area contributed by atoms with Crippen LogP contribution < -0.4 is 10.6 Å². The number of benzene rings is 3. The molecule has 0 radical (unpaired) electrons. The van der Waals surface area contributed by atoms with Crippen molar-refractivity contribution in [1.82, 2.24) is 9.38 Å². The summed E-state index contributed by atoms with van der Waals surface area (Å²) >= 11 is 6.52. The van der Waals surface area contributed by atoms with Gasteiger partial charge in [0.15, 0.2) is 5.65 Å². The van der Waals surface area contributed by atoms with Crippen LogP contribution in [-0.2, 0) is 11.2 Å². The summed E-state index contributed by atoms with van der Waals surface area (Å²) in [7, 11) is 0. The summed E-state index contributed by atoms with van der Waals surface area (Å²) in [5, 5.41) is 17.1. The lowest BCUT2D eigenvalue weighted by Gasteiger charge is -2.19. The number of fused-ring (bicyclic) bond motifs is 3. The molecule has 5 rings (SSSR count). The second-order valence-corrected chi connectivity index (χ2v) is 8.76. The quantitative estimate of drug-likeness (QED) is 0.297. The van der Waals surface area contributed by atoms with E-state index in [0.717, 1.165) is 39.2 Å². The summed E-state index contributed by atoms with van der Waals surface area (Å²) in [4.78, 5) is 16.2. The lowest BCUT2D eigenvalue weighted by molar-refractivity contribution is -0.114. The molecule has 6 nitrogen and oxygen atoms in total. The van der Waals surface area contributed by atoms with Crippen LogP contribution in [0.4, 0.5) is 17.2 Å². The molecule has 0 aliphatic rings. The van der Waals surface area contributed by atoms with Crippen LogP contribution >= 0.6 is 11.6 Å². The fourth-order valence-corrected chi connectivity index (χ4v) is 4.54. The molecule has 0 unspecified atom stereocenters. The van der Waals surface area contributed by atoms with Gasteiger partial charge in [0.25, 0.3) is 0 Å². The maximum atomic E-state index is 11.4. The van der Waals surface area contributed by atoms with E-state index in [4.69, 9.17) is 16.6 Å². The van der Waals surface area contributed by atoms with Crippen LogP contribution in [-0.4, -0.2) is 15.3 Å². The van der Waals surface area contributed by atoms with Crippen LogP contribution in [0.25, 0.3) is 16.7 Å². The van der Waals surface area contributed by atoms with E-state index in [0.29, 0.717) is 28.3 Å². The molecule has 2 N–H and O–H groups in total. The van der Waals surface area contributed by atoms with Crippen molar-refractivity contribution < 1.29 is 4.79 Å². The number of rotatable bonds is 5. The zero-order valence-corrected chi connectivity index (χ0v) is 20.0. The molecular formula is C28H22ClN5O. The van der Waals surface area contributed by atoms with Gasteiger partial charge < -0.3 is 10.6 Å². The Hall–Kier alpha value is -4.34. The Bertz CT molecular complexity index is 1630. The van der Waals surface area contributed by atoms with E-state index >= 15 is 0 Å². The number of para-hydroxylation sites is 2.